The fourth-order valence-corrected chi connectivity index (χ4v) is 0.572. The maximum Gasteiger partial charge on any atom is 0.337 e. The topological polar surface area (TPSA) is 35.5 Å². The van der Waals surface area contributed by atoms with Gasteiger partial charge in [-0.3, -0.25) is 0 Å². The van der Waals surface area contributed by atoms with Gasteiger partial charge in [0.1, 0.15) is 0 Å². The second kappa shape index (κ2) is 4.13. The van der Waals surface area contributed by atoms with Gasteiger partial charge >= 0.3 is 5.97 Å². The van der Waals surface area contributed by atoms with Crippen LogP contribution in [0.25, 0.3) is 0 Å². The smallest absolute Gasteiger partial charge is 0.337 e. The van der Waals surface area contributed by atoms with Crippen LogP contribution in [0.1, 0.15) is 13.8 Å². The van der Waals surface area contributed by atoms with Gasteiger partial charge in [-0.05, 0) is 13.8 Å². The van der Waals surface area contributed by atoms with E-state index in [1.807, 2.05) is 0 Å². The summed E-state index contributed by atoms with van der Waals surface area (Å²) in [6, 6.07) is 0. The monoisotopic (exact) mass is 158 g/mol. The zero-order valence-corrected chi connectivity index (χ0v) is 7.22. The Morgan fingerprint density at radius 1 is 1.64 bits per heavy atom. The first-order valence-corrected chi connectivity index (χ1v) is 3.38. The quantitative estimate of drug-likeness (QED) is 0.454. The van der Waals surface area contributed by atoms with Crippen LogP contribution >= 0.6 is 0 Å². The number of carbonyl (C=O) groups is 1. The Labute approximate surface area is 67.0 Å². The van der Waals surface area contributed by atoms with Gasteiger partial charge in [0.25, 0.3) is 0 Å². The number of ether oxygens (including phenoxy) is 2. The molecule has 0 unspecified atom stereocenters. The molecule has 0 fully saturated rings. The van der Waals surface area contributed by atoms with Gasteiger partial charge in [-0.1, -0.05) is 6.08 Å². The van der Waals surface area contributed by atoms with Crippen molar-refractivity contribution in [1.29, 1.82) is 0 Å². The number of carbonyl (C=O) groups excluding carboxylic acids is 1. The molecule has 0 heterocycles. The summed E-state index contributed by atoms with van der Waals surface area (Å²) in [6.45, 7) is 7.13. The van der Waals surface area contributed by atoms with Gasteiger partial charge in [0.05, 0.1) is 13.7 Å². The zero-order chi connectivity index (χ0) is 8.91. The molecule has 11 heavy (non-hydrogen) atoms. The van der Waals surface area contributed by atoms with Crippen LogP contribution in [0, 0.1) is 0 Å². The van der Waals surface area contributed by atoms with E-state index in [0.717, 1.165) is 0 Å². The molecule has 0 N–H and O–H groups in total. The molecule has 0 radical (unpaired) electrons. The summed E-state index contributed by atoms with van der Waals surface area (Å²) in [5.41, 5.74) is -0.872. The van der Waals surface area contributed by atoms with Crippen LogP contribution in [-0.2, 0) is 14.3 Å². The highest BCUT2D eigenvalue weighted by atomic mass is 16.6. The minimum absolute atomic E-state index is 0.349. The minimum atomic E-state index is -0.872. The molecule has 0 bridgehead atoms. The van der Waals surface area contributed by atoms with Crippen molar-refractivity contribution in [1.82, 2.24) is 0 Å². The summed E-state index contributed by atoms with van der Waals surface area (Å²) in [6.07, 6.45) is 1.59. The van der Waals surface area contributed by atoms with Crippen LogP contribution in [0.3, 0.4) is 0 Å². The third-order valence-corrected chi connectivity index (χ3v) is 1.24. The van der Waals surface area contributed by atoms with Gasteiger partial charge in [0.2, 0.25) is 0 Å². The number of esters is 1. The molecule has 0 aliphatic carbocycles. The molecule has 0 aromatic carbocycles. The lowest BCUT2D eigenvalue weighted by atomic mass is 10.1. The number of methoxy groups -OCH3 is 1. The van der Waals surface area contributed by atoms with E-state index in [-0.39, 0.29) is 5.97 Å². The molecule has 3 heteroatoms. The van der Waals surface area contributed by atoms with Crippen LogP contribution in [0.2, 0.25) is 0 Å². The molecule has 3 nitrogen and oxygen atoms in total. The second-order valence-corrected chi connectivity index (χ2v) is 2.60. The first kappa shape index (κ1) is 10.2. The van der Waals surface area contributed by atoms with Gasteiger partial charge in [0.15, 0.2) is 5.60 Å². The van der Waals surface area contributed by atoms with Gasteiger partial charge in [-0.15, -0.1) is 6.58 Å². The van der Waals surface area contributed by atoms with Gasteiger partial charge in [-0.2, -0.15) is 0 Å². The second-order valence-electron chi connectivity index (χ2n) is 2.60. The first-order chi connectivity index (χ1) is 5.04. The van der Waals surface area contributed by atoms with Crippen LogP contribution in [-0.4, -0.2) is 25.3 Å². The van der Waals surface area contributed by atoms with Crippen molar-refractivity contribution in [2.75, 3.05) is 13.7 Å². The molecule has 0 aliphatic heterocycles. The summed E-state index contributed by atoms with van der Waals surface area (Å²) in [7, 11) is 1.33. The first-order valence-electron chi connectivity index (χ1n) is 3.38. The van der Waals surface area contributed by atoms with Gasteiger partial charge in [0, 0.05) is 0 Å². The van der Waals surface area contributed by atoms with Gasteiger partial charge in [-0.25, -0.2) is 4.79 Å². The number of rotatable bonds is 4. The summed E-state index contributed by atoms with van der Waals surface area (Å²) < 4.78 is 9.65. The van der Waals surface area contributed by atoms with E-state index in [0.29, 0.717) is 6.61 Å². The fourth-order valence-electron chi connectivity index (χ4n) is 0.572. The van der Waals surface area contributed by atoms with Crippen LogP contribution < -0.4 is 0 Å². The molecule has 0 saturated heterocycles. The number of hydrogen-bond donors (Lipinski definition) is 0. The normalized spacial score (nSPS) is 10.8. The molecule has 0 aromatic rings. The van der Waals surface area contributed by atoms with Crippen molar-refractivity contribution >= 4 is 5.97 Å². The van der Waals surface area contributed by atoms with E-state index in [4.69, 9.17) is 4.74 Å². The van der Waals surface area contributed by atoms with Crippen molar-refractivity contribution < 1.29 is 14.3 Å². The predicted molar refractivity (Wildman–Crippen MR) is 42.2 cm³/mol. The third kappa shape index (κ3) is 3.18. The van der Waals surface area contributed by atoms with Crippen LogP contribution in [0.4, 0.5) is 0 Å². The Balaban J connectivity index is 3.97. The van der Waals surface area contributed by atoms with E-state index < -0.39 is 5.60 Å². The van der Waals surface area contributed by atoms with E-state index >= 15 is 0 Å². The van der Waals surface area contributed by atoms with Crippen molar-refractivity contribution in [3.05, 3.63) is 12.7 Å². The Bertz CT molecular complexity index is 149. The molecular weight excluding hydrogens is 144 g/mol. The van der Waals surface area contributed by atoms with E-state index in [9.17, 15) is 4.79 Å². The molecule has 0 spiro atoms. The van der Waals surface area contributed by atoms with E-state index in [2.05, 4.69) is 11.3 Å². The third-order valence-electron chi connectivity index (χ3n) is 1.24. The lowest BCUT2D eigenvalue weighted by Gasteiger charge is -2.20. The highest BCUT2D eigenvalue weighted by molar-refractivity contribution is 5.78. The molecule has 0 aromatic heterocycles. The average Bonchev–Trinajstić information content (AvgIpc) is 1.99. The highest BCUT2D eigenvalue weighted by Gasteiger charge is 2.28. The highest BCUT2D eigenvalue weighted by Crippen LogP contribution is 2.10. The molecule has 0 aliphatic rings. The Hall–Kier alpha value is -0.830. The summed E-state index contributed by atoms with van der Waals surface area (Å²) in [4.78, 5) is 11.0. The van der Waals surface area contributed by atoms with E-state index in [1.54, 1.807) is 19.9 Å². The van der Waals surface area contributed by atoms with Crippen molar-refractivity contribution in [3.8, 4) is 0 Å². The maximum atomic E-state index is 11.0. The molecule has 0 saturated carbocycles. The summed E-state index contributed by atoms with van der Waals surface area (Å²) in [5, 5.41) is 0. The Morgan fingerprint density at radius 3 is 2.55 bits per heavy atom. The van der Waals surface area contributed by atoms with Crippen LogP contribution in [0.15, 0.2) is 12.7 Å². The van der Waals surface area contributed by atoms with Crippen LogP contribution in [0.5, 0.6) is 0 Å². The number of hydrogen-bond acceptors (Lipinski definition) is 3. The largest absolute Gasteiger partial charge is 0.467 e. The lowest BCUT2D eigenvalue weighted by molar-refractivity contribution is -0.163. The van der Waals surface area contributed by atoms with Gasteiger partial charge < -0.3 is 9.47 Å². The lowest BCUT2D eigenvalue weighted by Crippen LogP contribution is -2.36. The minimum Gasteiger partial charge on any atom is -0.467 e. The SMILES string of the molecule is C=CCOC(C)(C)C(=O)OC. The van der Waals surface area contributed by atoms with Crippen molar-refractivity contribution in [3.63, 3.8) is 0 Å². The fraction of sp³-hybridized carbons (Fsp3) is 0.625. The maximum absolute atomic E-state index is 11.0. The van der Waals surface area contributed by atoms with Crippen molar-refractivity contribution in [2.24, 2.45) is 0 Å². The summed E-state index contributed by atoms with van der Waals surface area (Å²) in [5.74, 6) is -0.376. The molecule has 0 atom stereocenters. The molecule has 64 valence electrons. The van der Waals surface area contributed by atoms with E-state index in [1.165, 1.54) is 7.11 Å². The zero-order valence-electron chi connectivity index (χ0n) is 7.22. The average molecular weight is 158 g/mol. The molecular formula is C8H14O3. The molecule has 0 rings (SSSR count). The predicted octanol–water partition coefficient (Wildman–Crippen LogP) is 1.14. The Kier molecular flexibility index (Phi) is 3.82. The van der Waals surface area contributed by atoms with Crippen molar-refractivity contribution in [2.45, 2.75) is 19.4 Å². The summed E-state index contributed by atoms with van der Waals surface area (Å²) >= 11 is 0. The molecule has 0 amide bonds. The standard InChI is InChI=1S/C8H14O3/c1-5-6-11-8(2,3)7(9)10-4/h5H,1,6H2,2-4H3. The Morgan fingerprint density at radius 2 is 2.18 bits per heavy atom.